The first-order valence-electron chi connectivity index (χ1n) is 15.8. The predicted molar refractivity (Wildman–Crippen MR) is 188 cm³/mol. The molecule has 48 heavy (non-hydrogen) atoms. The third-order valence-electron chi connectivity index (χ3n) is 9.35. The Labute approximate surface area is 282 Å². The van der Waals surface area contributed by atoms with Gasteiger partial charge in [0.2, 0.25) is 11.8 Å². The summed E-state index contributed by atoms with van der Waals surface area (Å²) >= 11 is 7.15. The minimum Gasteiger partial charge on any atom is -0.481 e. The molecule has 0 spiro atoms. The zero-order valence-electron chi connectivity index (χ0n) is 27.3. The number of nitrogens with one attached hydrogen (secondary N) is 3. The number of hydrogen-bond acceptors (Lipinski definition) is 9. The number of anilines is 1. The van der Waals surface area contributed by atoms with Gasteiger partial charge in [0.05, 0.1) is 23.2 Å². The van der Waals surface area contributed by atoms with E-state index in [9.17, 15) is 14.4 Å². The van der Waals surface area contributed by atoms with E-state index in [4.69, 9.17) is 32.8 Å². The second-order valence-corrected chi connectivity index (χ2v) is 12.6. The van der Waals surface area contributed by atoms with Crippen molar-refractivity contribution in [3.63, 3.8) is 0 Å². The molecule has 0 bridgehead atoms. The second-order valence-electron chi connectivity index (χ2n) is 12.2. The van der Waals surface area contributed by atoms with Crippen molar-refractivity contribution in [2.24, 2.45) is 25.6 Å². The maximum absolute atomic E-state index is 13.1. The lowest BCUT2D eigenvalue weighted by Gasteiger charge is -2.20. The number of ether oxygens (including phenoxy) is 1. The van der Waals surface area contributed by atoms with E-state index < -0.39 is 11.2 Å². The molecule has 2 aliphatic rings. The number of nitrogens with zero attached hydrogens (tertiary/aromatic N) is 3. The van der Waals surface area contributed by atoms with Gasteiger partial charge < -0.3 is 32.2 Å². The van der Waals surface area contributed by atoms with Gasteiger partial charge in [-0.3, -0.25) is 18.7 Å². The first-order chi connectivity index (χ1) is 23.0. The van der Waals surface area contributed by atoms with Gasteiger partial charge in [-0.15, -0.1) is 0 Å². The van der Waals surface area contributed by atoms with Crippen molar-refractivity contribution >= 4 is 35.2 Å². The smallest absolute Gasteiger partial charge is 0.330 e. The van der Waals surface area contributed by atoms with Gasteiger partial charge >= 0.3 is 5.69 Å². The van der Waals surface area contributed by atoms with Crippen LogP contribution >= 0.6 is 11.6 Å². The number of amides is 1. The number of pyridine rings is 1. The molecule has 12 nitrogen and oxygen atoms in total. The lowest BCUT2D eigenvalue weighted by Crippen LogP contribution is -2.59. The molecule has 1 aliphatic heterocycles. The Morgan fingerprint density at radius 2 is 1.81 bits per heavy atom. The van der Waals surface area contributed by atoms with E-state index in [0.717, 1.165) is 57.2 Å². The van der Waals surface area contributed by atoms with Gasteiger partial charge in [-0.25, -0.2) is 9.78 Å². The van der Waals surface area contributed by atoms with Gasteiger partial charge in [0.15, 0.2) is 0 Å². The van der Waals surface area contributed by atoms with Crippen molar-refractivity contribution in [2.45, 2.75) is 44.7 Å². The summed E-state index contributed by atoms with van der Waals surface area (Å²) in [5, 5.41) is 10.6. The first kappa shape index (κ1) is 32.9. The number of benzene rings is 2. The van der Waals surface area contributed by atoms with Crippen LogP contribution < -0.4 is 54.0 Å². The van der Waals surface area contributed by atoms with Crippen LogP contribution in [0.2, 0.25) is 5.02 Å². The summed E-state index contributed by atoms with van der Waals surface area (Å²) in [6.07, 6.45) is 4.36. The predicted octanol–water partition coefficient (Wildman–Crippen LogP) is 1.47. The molecule has 2 atom stereocenters. The summed E-state index contributed by atoms with van der Waals surface area (Å²) in [7, 11) is 4.54. The highest BCUT2D eigenvalue weighted by molar-refractivity contribution is 6.36. The number of nitrogens with two attached hydrogens (primary N) is 2. The van der Waals surface area contributed by atoms with Gasteiger partial charge in [-0.05, 0) is 55.0 Å². The fourth-order valence-electron chi connectivity index (χ4n) is 6.73. The molecule has 2 aromatic heterocycles. The molecule has 0 radical (unpaired) electrons. The minimum absolute atomic E-state index is 0.0539. The van der Waals surface area contributed by atoms with Gasteiger partial charge in [0, 0.05) is 67.7 Å². The van der Waals surface area contributed by atoms with Gasteiger partial charge in [0.1, 0.15) is 11.0 Å². The maximum atomic E-state index is 13.1. The average molecular weight is 671 g/mol. The van der Waals surface area contributed by atoms with Crippen molar-refractivity contribution in [2.75, 3.05) is 19.0 Å². The molecule has 3 heterocycles. The average Bonchev–Trinajstić information content (AvgIpc) is 3.70. The van der Waals surface area contributed by atoms with E-state index in [1.165, 1.54) is 24.9 Å². The fourth-order valence-corrected chi connectivity index (χ4v) is 7.06. The number of carbonyl (C=O) groups excluding carboxylic acids is 1. The number of aromatic nitrogens is 3. The molecular formula is C35H39ClN8O4. The summed E-state index contributed by atoms with van der Waals surface area (Å²) in [6, 6.07) is 13.8. The molecule has 2 aromatic carbocycles. The molecule has 2 unspecified atom stereocenters. The Kier molecular flexibility index (Phi) is 9.04. The minimum atomic E-state index is -0.564. The molecule has 1 aliphatic carbocycles. The van der Waals surface area contributed by atoms with Crippen LogP contribution in [-0.4, -0.2) is 39.7 Å². The van der Waals surface area contributed by atoms with E-state index in [1.54, 1.807) is 7.11 Å². The van der Waals surface area contributed by atoms with E-state index >= 15 is 0 Å². The van der Waals surface area contributed by atoms with Crippen LogP contribution in [0.3, 0.4) is 0 Å². The van der Waals surface area contributed by atoms with E-state index in [-0.39, 0.29) is 34.4 Å². The van der Waals surface area contributed by atoms with Crippen molar-refractivity contribution in [3.05, 3.63) is 95.6 Å². The standard InChI is InChI=1S/C35H39ClN8O4/c1-18-21(7-6-10-24(18)41-32(38)30-27(16-37)43(2)35(47)44(3)34(30)46)22-8-5-9-23(31(22)36)26-15-19-11-13-25(29(19)33(42-26)48-4)39-17-20-12-14-28(45)40-20/h5-10,15-16,20,25,39,41H,11-14,17,37-38H2,1-4H3,(H,40,45)/b27-16+,32-30-. The zero-order chi connectivity index (χ0) is 34.3. The Morgan fingerprint density at radius 1 is 1.08 bits per heavy atom. The molecular weight excluding hydrogens is 632 g/mol. The van der Waals surface area contributed by atoms with Gasteiger partial charge in [-0.2, -0.15) is 0 Å². The summed E-state index contributed by atoms with van der Waals surface area (Å²) in [5.41, 5.74) is 18.0. The van der Waals surface area contributed by atoms with Crippen LogP contribution in [0.1, 0.15) is 42.0 Å². The van der Waals surface area contributed by atoms with E-state index in [0.29, 0.717) is 35.2 Å². The van der Waals surface area contributed by atoms with Crippen LogP contribution in [0.5, 0.6) is 5.88 Å². The summed E-state index contributed by atoms with van der Waals surface area (Å²) in [5.74, 6) is 0.713. The largest absolute Gasteiger partial charge is 0.481 e. The fraction of sp³-hybridized carbons (Fsp3) is 0.314. The second kappa shape index (κ2) is 13.2. The molecule has 7 N–H and O–H groups in total. The first-order valence-corrected chi connectivity index (χ1v) is 16.2. The number of methoxy groups -OCH3 is 1. The highest BCUT2D eigenvalue weighted by Crippen LogP contribution is 2.43. The third kappa shape index (κ3) is 5.82. The number of rotatable bonds is 8. The highest BCUT2D eigenvalue weighted by atomic mass is 35.5. The quantitative estimate of drug-likeness (QED) is 0.186. The number of aryl methyl sites for hydroxylation is 1. The highest BCUT2D eigenvalue weighted by Gasteiger charge is 2.30. The molecule has 6 rings (SSSR count). The van der Waals surface area contributed by atoms with Gasteiger partial charge in [-0.1, -0.05) is 41.9 Å². The SMILES string of the molecule is COc1nc(-c2cccc(-c3cccc(N/C(N)=c4\c(=O)n(C)c(=O)n(C)\c4=C\N)c3C)c2Cl)cc2c1C(NCC1CCC(=O)N1)CC2. The molecule has 13 heteroatoms. The molecule has 0 saturated carbocycles. The Balaban J connectivity index is 1.35. The van der Waals surface area contributed by atoms with E-state index in [1.807, 2.05) is 43.3 Å². The Bertz CT molecular complexity index is 2190. The van der Waals surface area contributed by atoms with Crippen molar-refractivity contribution in [1.82, 2.24) is 24.8 Å². The maximum Gasteiger partial charge on any atom is 0.330 e. The number of carbonyl (C=O) groups is 1. The molecule has 1 fully saturated rings. The molecule has 250 valence electrons. The van der Waals surface area contributed by atoms with Crippen LogP contribution in [0.15, 0.2) is 52.1 Å². The molecule has 1 amide bonds. The third-order valence-corrected chi connectivity index (χ3v) is 9.76. The zero-order valence-corrected chi connectivity index (χ0v) is 28.1. The molecule has 4 aromatic rings. The normalized spacial score (nSPS) is 18.1. The van der Waals surface area contributed by atoms with Crippen LogP contribution in [0, 0.1) is 6.92 Å². The number of halogens is 1. The summed E-state index contributed by atoms with van der Waals surface area (Å²) in [6.45, 7) is 2.63. The topological polar surface area (TPSA) is 171 Å². The Hall–Kier alpha value is -5.07. The van der Waals surface area contributed by atoms with Crippen molar-refractivity contribution < 1.29 is 9.53 Å². The summed E-state index contributed by atoms with van der Waals surface area (Å²) in [4.78, 5) is 42.1. The monoisotopic (exact) mass is 670 g/mol. The Morgan fingerprint density at radius 3 is 2.52 bits per heavy atom. The van der Waals surface area contributed by atoms with Crippen LogP contribution in [0.25, 0.3) is 34.4 Å². The van der Waals surface area contributed by atoms with Gasteiger partial charge in [0.25, 0.3) is 5.56 Å². The molecule has 1 saturated heterocycles. The summed E-state index contributed by atoms with van der Waals surface area (Å²) < 4.78 is 8.07. The van der Waals surface area contributed by atoms with Crippen LogP contribution in [0.4, 0.5) is 5.69 Å². The van der Waals surface area contributed by atoms with Crippen LogP contribution in [-0.2, 0) is 25.3 Å². The van der Waals surface area contributed by atoms with Crippen molar-refractivity contribution in [1.29, 1.82) is 0 Å². The van der Waals surface area contributed by atoms with E-state index in [2.05, 4.69) is 22.0 Å². The van der Waals surface area contributed by atoms with Crippen molar-refractivity contribution in [3.8, 4) is 28.3 Å². The lowest BCUT2D eigenvalue weighted by atomic mass is 9.96. The number of fused-ring (bicyclic) bond motifs is 1. The number of hydrogen-bond donors (Lipinski definition) is 5. The lowest BCUT2D eigenvalue weighted by molar-refractivity contribution is -0.119.